The fourth-order valence-corrected chi connectivity index (χ4v) is 1.82. The molecule has 4 nitrogen and oxygen atoms in total. The third-order valence-electron chi connectivity index (χ3n) is 2.83. The third-order valence-corrected chi connectivity index (χ3v) is 3.04. The van der Waals surface area contributed by atoms with E-state index >= 15 is 0 Å². The fourth-order valence-electron chi connectivity index (χ4n) is 1.70. The third kappa shape index (κ3) is 3.00. The van der Waals surface area contributed by atoms with Crippen LogP contribution in [0.3, 0.4) is 0 Å². The number of thiocarbonyl (C=S) groups is 1. The van der Waals surface area contributed by atoms with E-state index in [0.717, 1.165) is 17.1 Å². The zero-order chi connectivity index (χ0) is 13.8. The van der Waals surface area contributed by atoms with Crippen LogP contribution in [0.1, 0.15) is 5.69 Å². The van der Waals surface area contributed by atoms with Gasteiger partial charge >= 0.3 is 0 Å². The molecule has 0 atom stereocenters. The largest absolute Gasteiger partial charge is 0.497 e. The standard InChI is InChI=1S/C14H15N3OS/c1-17(10-4-3-5-12(8-10)18-2)11-6-7-13(14(15)19)16-9-11/h3-9H,1-2H3,(H2,15,19). The Balaban J connectivity index is 2.27. The van der Waals surface area contributed by atoms with Crippen molar-refractivity contribution < 1.29 is 4.74 Å². The van der Waals surface area contributed by atoms with E-state index in [2.05, 4.69) is 4.98 Å². The van der Waals surface area contributed by atoms with Crippen LogP contribution < -0.4 is 15.4 Å². The SMILES string of the molecule is COc1cccc(N(C)c2ccc(C(N)=S)nc2)c1. The predicted octanol–water partition coefficient (Wildman–Crippen LogP) is 2.49. The van der Waals surface area contributed by atoms with Crippen LogP contribution in [-0.4, -0.2) is 24.1 Å². The molecule has 0 amide bonds. The molecule has 0 aliphatic heterocycles. The van der Waals surface area contributed by atoms with Gasteiger partial charge in [0, 0.05) is 18.8 Å². The number of anilines is 2. The molecule has 2 rings (SSSR count). The quantitative estimate of drug-likeness (QED) is 0.867. The Labute approximate surface area is 117 Å². The molecule has 0 saturated carbocycles. The maximum Gasteiger partial charge on any atom is 0.122 e. The molecule has 98 valence electrons. The molecular formula is C14H15N3OS. The number of hydrogen-bond donors (Lipinski definition) is 1. The highest BCUT2D eigenvalue weighted by Gasteiger charge is 2.06. The van der Waals surface area contributed by atoms with Gasteiger partial charge in [0.2, 0.25) is 0 Å². The van der Waals surface area contributed by atoms with Crippen molar-refractivity contribution in [2.75, 3.05) is 19.1 Å². The Kier molecular flexibility index (Phi) is 3.97. The molecule has 2 aromatic rings. The van der Waals surface area contributed by atoms with Crippen molar-refractivity contribution in [2.24, 2.45) is 5.73 Å². The fraction of sp³-hybridized carbons (Fsp3) is 0.143. The van der Waals surface area contributed by atoms with Crippen LogP contribution in [0.15, 0.2) is 42.6 Å². The molecule has 1 aromatic carbocycles. The Morgan fingerprint density at radius 2 is 2.05 bits per heavy atom. The van der Waals surface area contributed by atoms with Crippen molar-refractivity contribution in [2.45, 2.75) is 0 Å². The Morgan fingerprint density at radius 1 is 1.26 bits per heavy atom. The second-order valence-electron chi connectivity index (χ2n) is 4.03. The summed E-state index contributed by atoms with van der Waals surface area (Å²) in [5, 5.41) is 0. The summed E-state index contributed by atoms with van der Waals surface area (Å²) in [5.74, 6) is 0.817. The van der Waals surface area contributed by atoms with Gasteiger partial charge in [-0.15, -0.1) is 0 Å². The van der Waals surface area contributed by atoms with Gasteiger partial charge in [-0.05, 0) is 24.3 Å². The molecule has 0 aliphatic carbocycles. The summed E-state index contributed by atoms with van der Waals surface area (Å²) in [6.07, 6.45) is 1.74. The van der Waals surface area contributed by atoms with Crippen LogP contribution in [-0.2, 0) is 0 Å². The van der Waals surface area contributed by atoms with Crippen molar-refractivity contribution in [3.8, 4) is 5.75 Å². The summed E-state index contributed by atoms with van der Waals surface area (Å²) >= 11 is 4.88. The van der Waals surface area contributed by atoms with Crippen LogP contribution in [0.5, 0.6) is 5.75 Å². The number of methoxy groups -OCH3 is 1. The highest BCUT2D eigenvalue weighted by molar-refractivity contribution is 7.80. The summed E-state index contributed by atoms with van der Waals surface area (Å²) in [6, 6.07) is 11.6. The van der Waals surface area contributed by atoms with Crippen LogP contribution >= 0.6 is 12.2 Å². The van der Waals surface area contributed by atoms with E-state index in [9.17, 15) is 0 Å². The van der Waals surface area contributed by atoms with E-state index in [1.807, 2.05) is 48.3 Å². The van der Waals surface area contributed by atoms with Crippen molar-refractivity contribution in [1.82, 2.24) is 4.98 Å². The zero-order valence-electron chi connectivity index (χ0n) is 10.8. The first kappa shape index (κ1) is 13.3. The lowest BCUT2D eigenvalue weighted by atomic mass is 10.2. The minimum absolute atomic E-state index is 0.301. The summed E-state index contributed by atoms with van der Waals surface area (Å²) in [4.78, 5) is 6.54. The molecule has 1 heterocycles. The molecule has 0 spiro atoms. The topological polar surface area (TPSA) is 51.4 Å². The number of ether oxygens (including phenoxy) is 1. The minimum Gasteiger partial charge on any atom is -0.497 e. The van der Waals surface area contributed by atoms with Gasteiger partial charge in [-0.2, -0.15) is 0 Å². The van der Waals surface area contributed by atoms with Gasteiger partial charge in [0.15, 0.2) is 0 Å². The average Bonchev–Trinajstić information content (AvgIpc) is 2.46. The molecule has 2 N–H and O–H groups in total. The highest BCUT2D eigenvalue weighted by Crippen LogP contribution is 2.26. The number of nitrogens with zero attached hydrogens (tertiary/aromatic N) is 2. The van der Waals surface area contributed by atoms with Crippen LogP contribution in [0.2, 0.25) is 0 Å². The molecule has 0 radical (unpaired) electrons. The summed E-state index contributed by atoms with van der Waals surface area (Å²) in [5.41, 5.74) is 8.12. The second kappa shape index (κ2) is 5.67. The number of pyridine rings is 1. The van der Waals surface area contributed by atoms with Crippen LogP contribution in [0.25, 0.3) is 0 Å². The van der Waals surface area contributed by atoms with E-state index in [4.69, 9.17) is 22.7 Å². The summed E-state index contributed by atoms with van der Waals surface area (Å²) in [7, 11) is 3.61. The molecule has 0 aliphatic rings. The normalized spacial score (nSPS) is 10.0. The molecule has 1 aromatic heterocycles. The number of aromatic nitrogens is 1. The van der Waals surface area contributed by atoms with Crippen LogP contribution in [0, 0.1) is 0 Å². The van der Waals surface area contributed by atoms with Crippen molar-refractivity contribution in [1.29, 1.82) is 0 Å². The molecule has 0 unspecified atom stereocenters. The number of nitrogens with two attached hydrogens (primary N) is 1. The molecule has 0 bridgehead atoms. The molecule has 0 fully saturated rings. The lowest BCUT2D eigenvalue weighted by molar-refractivity contribution is 0.415. The summed E-state index contributed by atoms with van der Waals surface area (Å²) < 4.78 is 5.22. The monoisotopic (exact) mass is 273 g/mol. The molecule has 5 heteroatoms. The first-order valence-corrected chi connectivity index (χ1v) is 6.16. The maximum atomic E-state index is 5.53. The first-order chi connectivity index (χ1) is 9.11. The van der Waals surface area contributed by atoms with Gasteiger partial charge in [0.05, 0.1) is 24.7 Å². The van der Waals surface area contributed by atoms with Gasteiger partial charge in [-0.25, -0.2) is 0 Å². The lowest BCUT2D eigenvalue weighted by Crippen LogP contribution is -2.13. The van der Waals surface area contributed by atoms with Crippen molar-refractivity contribution >= 4 is 28.6 Å². The molecular weight excluding hydrogens is 258 g/mol. The lowest BCUT2D eigenvalue weighted by Gasteiger charge is -2.19. The van der Waals surface area contributed by atoms with E-state index in [-0.39, 0.29) is 0 Å². The summed E-state index contributed by atoms with van der Waals surface area (Å²) in [6.45, 7) is 0. The van der Waals surface area contributed by atoms with Gasteiger partial charge in [-0.1, -0.05) is 18.3 Å². The molecule has 0 saturated heterocycles. The molecule has 19 heavy (non-hydrogen) atoms. The highest BCUT2D eigenvalue weighted by atomic mass is 32.1. The van der Waals surface area contributed by atoms with E-state index in [1.165, 1.54) is 0 Å². The Hall–Kier alpha value is -2.14. The number of hydrogen-bond acceptors (Lipinski definition) is 4. The smallest absolute Gasteiger partial charge is 0.122 e. The van der Waals surface area contributed by atoms with Gasteiger partial charge < -0.3 is 15.4 Å². The first-order valence-electron chi connectivity index (χ1n) is 5.75. The van der Waals surface area contributed by atoms with Gasteiger partial charge in [0.1, 0.15) is 10.7 Å². The van der Waals surface area contributed by atoms with E-state index in [1.54, 1.807) is 13.3 Å². The number of rotatable bonds is 4. The number of benzene rings is 1. The van der Waals surface area contributed by atoms with Gasteiger partial charge in [0.25, 0.3) is 0 Å². The Morgan fingerprint density at radius 3 is 2.63 bits per heavy atom. The zero-order valence-corrected chi connectivity index (χ0v) is 11.6. The Bertz CT molecular complexity index is 583. The average molecular weight is 273 g/mol. The second-order valence-corrected chi connectivity index (χ2v) is 4.47. The van der Waals surface area contributed by atoms with Crippen molar-refractivity contribution in [3.63, 3.8) is 0 Å². The minimum atomic E-state index is 0.301. The van der Waals surface area contributed by atoms with Gasteiger partial charge in [-0.3, -0.25) is 4.98 Å². The predicted molar refractivity (Wildman–Crippen MR) is 81.2 cm³/mol. The van der Waals surface area contributed by atoms with E-state index < -0.39 is 0 Å². The van der Waals surface area contributed by atoms with Crippen LogP contribution in [0.4, 0.5) is 11.4 Å². The van der Waals surface area contributed by atoms with Crippen molar-refractivity contribution in [3.05, 3.63) is 48.3 Å². The van der Waals surface area contributed by atoms with E-state index in [0.29, 0.717) is 10.7 Å². The maximum absolute atomic E-state index is 5.53.